The average Bonchev–Trinajstić information content (AvgIpc) is 2.34. The van der Waals surface area contributed by atoms with Gasteiger partial charge in [0.15, 0.2) is 0 Å². The predicted octanol–water partition coefficient (Wildman–Crippen LogP) is 2.02. The van der Waals surface area contributed by atoms with Crippen LogP contribution in [0.3, 0.4) is 0 Å². The average molecular weight is 242 g/mol. The molecule has 0 aromatic heterocycles. The topological polar surface area (TPSA) is 30.5 Å². The first kappa shape index (κ1) is 11.9. The monoisotopic (exact) mass is 241 g/mol. The Morgan fingerprint density at radius 3 is 2.81 bits per heavy atom. The number of rotatable bonds is 3. The lowest BCUT2D eigenvalue weighted by Gasteiger charge is -2.30. The number of benzene rings is 1. The van der Waals surface area contributed by atoms with Crippen LogP contribution in [0.4, 0.5) is 0 Å². The van der Waals surface area contributed by atoms with Crippen molar-refractivity contribution in [1.29, 1.82) is 0 Å². The van der Waals surface area contributed by atoms with Crippen LogP contribution in [0.1, 0.15) is 11.6 Å². The lowest BCUT2D eigenvalue weighted by molar-refractivity contribution is -0.101. The summed E-state index contributed by atoms with van der Waals surface area (Å²) in [5.74, 6) is 0. The van der Waals surface area contributed by atoms with Crippen molar-refractivity contribution in [1.82, 2.24) is 5.32 Å². The maximum atomic E-state index is 6.18. The molecule has 1 fully saturated rings. The molecule has 0 radical (unpaired) electrons. The van der Waals surface area contributed by atoms with Crippen molar-refractivity contribution in [3.05, 3.63) is 34.9 Å². The van der Waals surface area contributed by atoms with E-state index >= 15 is 0 Å². The van der Waals surface area contributed by atoms with Crippen LogP contribution in [0.2, 0.25) is 5.02 Å². The third-order valence-corrected chi connectivity index (χ3v) is 3.11. The summed E-state index contributed by atoms with van der Waals surface area (Å²) >= 11 is 6.18. The lowest BCUT2D eigenvalue weighted by Crippen LogP contribution is -2.39. The van der Waals surface area contributed by atoms with Crippen LogP contribution in [0.5, 0.6) is 0 Å². The quantitative estimate of drug-likeness (QED) is 0.878. The Morgan fingerprint density at radius 1 is 1.38 bits per heavy atom. The van der Waals surface area contributed by atoms with Crippen LogP contribution < -0.4 is 5.32 Å². The Bertz CT molecular complexity index is 340. The van der Waals surface area contributed by atoms with Gasteiger partial charge in [-0.1, -0.05) is 29.8 Å². The highest BCUT2D eigenvalue weighted by Crippen LogP contribution is 2.27. The van der Waals surface area contributed by atoms with Gasteiger partial charge in [0.25, 0.3) is 0 Å². The molecular weight excluding hydrogens is 226 g/mol. The van der Waals surface area contributed by atoms with E-state index in [1.807, 2.05) is 31.3 Å². The third-order valence-electron chi connectivity index (χ3n) is 2.76. The van der Waals surface area contributed by atoms with E-state index in [-0.39, 0.29) is 12.1 Å². The molecule has 1 N–H and O–H groups in total. The van der Waals surface area contributed by atoms with E-state index in [9.17, 15) is 0 Å². The van der Waals surface area contributed by atoms with E-state index < -0.39 is 0 Å². The van der Waals surface area contributed by atoms with Gasteiger partial charge in [0, 0.05) is 5.02 Å². The van der Waals surface area contributed by atoms with Crippen LogP contribution >= 0.6 is 11.6 Å². The second-order valence-corrected chi connectivity index (χ2v) is 4.18. The van der Waals surface area contributed by atoms with Crippen LogP contribution in [0.25, 0.3) is 0 Å². The first-order valence-electron chi connectivity index (χ1n) is 5.44. The Balaban J connectivity index is 2.18. The van der Waals surface area contributed by atoms with Gasteiger partial charge in [-0.3, -0.25) is 0 Å². The summed E-state index contributed by atoms with van der Waals surface area (Å²) in [5, 5.41) is 4.00. The summed E-state index contributed by atoms with van der Waals surface area (Å²) in [5.41, 5.74) is 1.06. The van der Waals surface area contributed by atoms with E-state index in [4.69, 9.17) is 21.1 Å². The molecular formula is C12H16ClNO2. The molecule has 0 amide bonds. The highest BCUT2D eigenvalue weighted by atomic mass is 35.5. The predicted molar refractivity (Wildman–Crippen MR) is 63.8 cm³/mol. The highest BCUT2D eigenvalue weighted by molar-refractivity contribution is 6.31. The zero-order valence-electron chi connectivity index (χ0n) is 9.28. The molecule has 4 heteroatoms. The molecule has 16 heavy (non-hydrogen) atoms. The Kier molecular flexibility index (Phi) is 4.18. The van der Waals surface area contributed by atoms with Gasteiger partial charge < -0.3 is 14.8 Å². The molecule has 1 aromatic carbocycles. The van der Waals surface area contributed by atoms with Gasteiger partial charge in [0.2, 0.25) is 0 Å². The largest absolute Gasteiger partial charge is 0.376 e. The smallest absolute Gasteiger partial charge is 0.100 e. The van der Waals surface area contributed by atoms with Crippen LogP contribution in [-0.2, 0) is 9.47 Å². The lowest BCUT2D eigenvalue weighted by atomic mass is 10.0. The van der Waals surface area contributed by atoms with Gasteiger partial charge in [-0.25, -0.2) is 0 Å². The number of ether oxygens (including phenoxy) is 2. The van der Waals surface area contributed by atoms with Crippen molar-refractivity contribution in [2.24, 2.45) is 0 Å². The number of nitrogens with one attached hydrogen (secondary N) is 1. The summed E-state index contributed by atoms with van der Waals surface area (Å²) in [6.45, 7) is 1.93. The molecule has 0 spiro atoms. The van der Waals surface area contributed by atoms with Crippen molar-refractivity contribution in [3.8, 4) is 0 Å². The summed E-state index contributed by atoms with van der Waals surface area (Å²) in [6.07, 6.45) is 0.0265. The molecule has 1 heterocycles. The summed E-state index contributed by atoms with van der Waals surface area (Å²) < 4.78 is 11.1. The van der Waals surface area contributed by atoms with Gasteiger partial charge in [-0.05, 0) is 18.7 Å². The maximum absolute atomic E-state index is 6.18. The molecule has 1 saturated heterocycles. The van der Waals surface area contributed by atoms with Crippen LogP contribution in [0.15, 0.2) is 24.3 Å². The fraction of sp³-hybridized carbons (Fsp3) is 0.500. The SMILES string of the molecule is CNC(c1ccccc1Cl)C1COCCO1. The first-order chi connectivity index (χ1) is 7.83. The van der Waals surface area contributed by atoms with Crippen molar-refractivity contribution < 1.29 is 9.47 Å². The minimum absolute atomic E-state index is 0.0265. The summed E-state index contributed by atoms with van der Waals surface area (Å²) in [7, 11) is 1.91. The minimum Gasteiger partial charge on any atom is -0.376 e. The molecule has 0 aliphatic carbocycles. The van der Waals surface area contributed by atoms with Gasteiger partial charge in [0.05, 0.1) is 25.9 Å². The number of likely N-dealkylation sites (N-methyl/N-ethyl adjacent to an activating group) is 1. The van der Waals surface area contributed by atoms with E-state index in [0.717, 1.165) is 10.6 Å². The van der Waals surface area contributed by atoms with Crippen molar-refractivity contribution in [3.63, 3.8) is 0 Å². The van der Waals surface area contributed by atoms with Crippen molar-refractivity contribution in [2.75, 3.05) is 26.9 Å². The molecule has 1 aliphatic heterocycles. The standard InChI is InChI=1S/C12H16ClNO2/c1-14-12(11-8-15-6-7-16-11)9-4-2-3-5-10(9)13/h2-5,11-12,14H,6-8H2,1H3. The maximum Gasteiger partial charge on any atom is 0.100 e. The molecule has 1 aliphatic rings. The Labute approximate surface area is 101 Å². The number of halogens is 1. The third kappa shape index (κ3) is 2.55. The highest BCUT2D eigenvalue weighted by Gasteiger charge is 2.26. The summed E-state index contributed by atoms with van der Waals surface area (Å²) in [4.78, 5) is 0. The number of hydrogen-bond donors (Lipinski definition) is 1. The second-order valence-electron chi connectivity index (χ2n) is 3.77. The van der Waals surface area contributed by atoms with Crippen molar-refractivity contribution in [2.45, 2.75) is 12.1 Å². The summed E-state index contributed by atoms with van der Waals surface area (Å²) in [6, 6.07) is 7.90. The normalized spacial score (nSPS) is 23.0. The molecule has 0 saturated carbocycles. The molecule has 88 valence electrons. The van der Waals surface area contributed by atoms with Gasteiger partial charge >= 0.3 is 0 Å². The Hall–Kier alpha value is -0.610. The minimum atomic E-state index is 0.0265. The Morgan fingerprint density at radius 2 is 2.19 bits per heavy atom. The molecule has 2 atom stereocenters. The fourth-order valence-electron chi connectivity index (χ4n) is 1.97. The van der Waals surface area contributed by atoms with Crippen LogP contribution in [0, 0.1) is 0 Å². The van der Waals surface area contributed by atoms with Crippen LogP contribution in [-0.4, -0.2) is 33.0 Å². The van der Waals surface area contributed by atoms with Gasteiger partial charge in [-0.2, -0.15) is 0 Å². The molecule has 0 bridgehead atoms. The van der Waals surface area contributed by atoms with E-state index in [1.54, 1.807) is 0 Å². The fourth-order valence-corrected chi connectivity index (χ4v) is 2.22. The van der Waals surface area contributed by atoms with Crippen molar-refractivity contribution >= 4 is 11.6 Å². The second kappa shape index (κ2) is 5.64. The van der Waals surface area contributed by atoms with E-state index in [0.29, 0.717) is 19.8 Å². The first-order valence-corrected chi connectivity index (χ1v) is 5.81. The van der Waals surface area contributed by atoms with E-state index in [1.165, 1.54) is 0 Å². The molecule has 2 rings (SSSR count). The zero-order chi connectivity index (χ0) is 11.4. The zero-order valence-corrected chi connectivity index (χ0v) is 10.0. The molecule has 3 nitrogen and oxygen atoms in total. The molecule has 2 unspecified atom stereocenters. The van der Waals surface area contributed by atoms with Gasteiger partial charge in [0.1, 0.15) is 6.10 Å². The van der Waals surface area contributed by atoms with Gasteiger partial charge in [-0.15, -0.1) is 0 Å². The molecule has 1 aromatic rings. The van der Waals surface area contributed by atoms with E-state index in [2.05, 4.69) is 5.32 Å². The number of hydrogen-bond acceptors (Lipinski definition) is 3.